The monoisotopic (exact) mass is 361 g/mol. The average Bonchev–Trinajstić information content (AvgIpc) is 3.44. The molecule has 0 radical (unpaired) electrons. The summed E-state index contributed by atoms with van der Waals surface area (Å²) < 4.78 is 5.71. The van der Waals surface area contributed by atoms with Crippen molar-refractivity contribution in [2.75, 3.05) is 46.3 Å². The lowest BCUT2D eigenvalue weighted by atomic mass is 10.2. The highest BCUT2D eigenvalue weighted by Crippen LogP contribution is 2.24. The van der Waals surface area contributed by atoms with Gasteiger partial charge < -0.3 is 15.1 Å². The Morgan fingerprint density at radius 3 is 2.31 bits per heavy atom. The molecule has 2 atom stereocenters. The van der Waals surface area contributed by atoms with Crippen LogP contribution in [-0.4, -0.2) is 68.1 Å². The first kappa shape index (κ1) is 19.2. The summed E-state index contributed by atoms with van der Waals surface area (Å²) in [5.74, 6) is 1.93. The van der Waals surface area contributed by atoms with Crippen molar-refractivity contribution in [2.24, 2.45) is 4.99 Å². The van der Waals surface area contributed by atoms with Gasteiger partial charge in [-0.3, -0.25) is 14.8 Å². The minimum absolute atomic E-state index is 0.270. The van der Waals surface area contributed by atoms with Crippen LogP contribution < -0.4 is 10.6 Å². The molecule has 2 aliphatic heterocycles. The Hall–Kier alpha value is -1.53. The van der Waals surface area contributed by atoms with Crippen LogP contribution >= 0.6 is 0 Å². The van der Waals surface area contributed by atoms with Crippen LogP contribution in [0, 0.1) is 0 Å². The average molecular weight is 362 g/mol. The van der Waals surface area contributed by atoms with E-state index in [1.54, 1.807) is 6.26 Å². The van der Waals surface area contributed by atoms with Crippen LogP contribution in [0.2, 0.25) is 0 Å². The fourth-order valence-electron chi connectivity index (χ4n) is 4.21. The molecule has 0 saturated carbocycles. The van der Waals surface area contributed by atoms with Gasteiger partial charge in [-0.15, -0.1) is 0 Å². The predicted molar refractivity (Wildman–Crippen MR) is 107 cm³/mol. The summed E-state index contributed by atoms with van der Waals surface area (Å²) in [4.78, 5) is 9.55. The van der Waals surface area contributed by atoms with Gasteiger partial charge in [-0.1, -0.05) is 6.92 Å². The number of likely N-dealkylation sites (tertiary alicyclic amines) is 2. The van der Waals surface area contributed by atoms with Crippen molar-refractivity contribution in [1.82, 2.24) is 20.4 Å². The van der Waals surface area contributed by atoms with Gasteiger partial charge in [0.15, 0.2) is 5.96 Å². The topological polar surface area (TPSA) is 56.0 Å². The first-order chi connectivity index (χ1) is 12.8. The van der Waals surface area contributed by atoms with Gasteiger partial charge in [0, 0.05) is 26.2 Å². The zero-order valence-electron chi connectivity index (χ0n) is 16.4. The molecule has 2 fully saturated rings. The second-order valence-electron chi connectivity index (χ2n) is 7.41. The van der Waals surface area contributed by atoms with E-state index in [0.29, 0.717) is 6.04 Å². The second kappa shape index (κ2) is 9.97. The van der Waals surface area contributed by atoms with E-state index in [2.05, 4.69) is 38.4 Å². The molecule has 6 heteroatoms. The van der Waals surface area contributed by atoms with Crippen molar-refractivity contribution in [2.45, 2.75) is 51.1 Å². The van der Waals surface area contributed by atoms with E-state index in [4.69, 9.17) is 4.42 Å². The fraction of sp³-hybridized carbons (Fsp3) is 0.750. The highest BCUT2D eigenvalue weighted by Gasteiger charge is 2.26. The van der Waals surface area contributed by atoms with Crippen molar-refractivity contribution in [3.05, 3.63) is 24.2 Å². The SMILES string of the molecule is CCC(CNC(=NC)NCC(c1ccco1)N1CCCC1)N1CCCC1. The van der Waals surface area contributed by atoms with E-state index < -0.39 is 0 Å². The molecule has 26 heavy (non-hydrogen) atoms. The van der Waals surface area contributed by atoms with Crippen LogP contribution in [0.1, 0.15) is 50.8 Å². The standard InChI is InChI=1S/C20H35N5O/c1-3-17(24-10-4-5-11-24)15-22-20(21-2)23-16-18(19-9-8-14-26-19)25-12-6-7-13-25/h8-9,14,17-18H,3-7,10-13,15-16H2,1-2H3,(H2,21,22,23). The summed E-state index contributed by atoms with van der Waals surface area (Å²) in [7, 11) is 1.85. The Labute approximate surface area is 158 Å². The highest BCUT2D eigenvalue weighted by molar-refractivity contribution is 5.79. The molecule has 1 aromatic rings. The molecule has 1 aromatic heterocycles. The maximum absolute atomic E-state index is 5.71. The van der Waals surface area contributed by atoms with Crippen LogP contribution in [0.15, 0.2) is 27.8 Å². The summed E-state index contributed by atoms with van der Waals surface area (Å²) >= 11 is 0. The summed E-state index contributed by atoms with van der Waals surface area (Å²) in [6, 6.07) is 4.93. The number of hydrogen-bond acceptors (Lipinski definition) is 4. The third-order valence-corrected chi connectivity index (χ3v) is 5.77. The quantitative estimate of drug-likeness (QED) is 0.550. The zero-order chi connectivity index (χ0) is 18.2. The first-order valence-electron chi connectivity index (χ1n) is 10.3. The minimum Gasteiger partial charge on any atom is -0.468 e. The lowest BCUT2D eigenvalue weighted by Gasteiger charge is -2.29. The summed E-state index contributed by atoms with van der Waals surface area (Å²) in [6.07, 6.45) is 8.17. The van der Waals surface area contributed by atoms with E-state index in [0.717, 1.165) is 37.9 Å². The van der Waals surface area contributed by atoms with E-state index >= 15 is 0 Å². The number of nitrogens with one attached hydrogen (secondary N) is 2. The van der Waals surface area contributed by atoms with Gasteiger partial charge in [0.05, 0.1) is 12.3 Å². The third kappa shape index (κ3) is 5.01. The highest BCUT2D eigenvalue weighted by atomic mass is 16.3. The smallest absolute Gasteiger partial charge is 0.191 e. The largest absolute Gasteiger partial charge is 0.468 e. The van der Waals surface area contributed by atoms with Gasteiger partial charge in [-0.05, 0) is 70.4 Å². The summed E-state index contributed by atoms with van der Waals surface area (Å²) in [6.45, 7) is 8.81. The molecule has 0 aromatic carbocycles. The maximum Gasteiger partial charge on any atom is 0.191 e. The van der Waals surface area contributed by atoms with Crippen LogP contribution in [-0.2, 0) is 0 Å². The van der Waals surface area contributed by atoms with Gasteiger partial charge in [0.2, 0.25) is 0 Å². The Kier molecular flexibility index (Phi) is 7.38. The Bertz CT molecular complexity index is 532. The molecule has 0 amide bonds. The molecule has 0 bridgehead atoms. The fourth-order valence-corrected chi connectivity index (χ4v) is 4.21. The van der Waals surface area contributed by atoms with Gasteiger partial charge in [0.25, 0.3) is 0 Å². The Morgan fingerprint density at radius 1 is 1.08 bits per heavy atom. The molecule has 0 aliphatic carbocycles. The lowest BCUT2D eigenvalue weighted by Crippen LogP contribution is -2.47. The van der Waals surface area contributed by atoms with Crippen molar-refractivity contribution < 1.29 is 4.42 Å². The number of nitrogens with zero attached hydrogens (tertiary/aromatic N) is 3. The first-order valence-corrected chi connectivity index (χ1v) is 10.3. The van der Waals surface area contributed by atoms with Crippen molar-refractivity contribution in [3.63, 3.8) is 0 Å². The van der Waals surface area contributed by atoms with E-state index in [1.165, 1.54) is 45.2 Å². The van der Waals surface area contributed by atoms with Gasteiger partial charge in [-0.2, -0.15) is 0 Å². The number of rotatable bonds is 8. The van der Waals surface area contributed by atoms with E-state index in [9.17, 15) is 0 Å². The predicted octanol–water partition coefficient (Wildman–Crippen LogP) is 2.46. The minimum atomic E-state index is 0.270. The molecule has 146 valence electrons. The number of hydrogen-bond donors (Lipinski definition) is 2. The van der Waals surface area contributed by atoms with Crippen molar-refractivity contribution in [1.29, 1.82) is 0 Å². The van der Waals surface area contributed by atoms with Crippen molar-refractivity contribution in [3.8, 4) is 0 Å². The van der Waals surface area contributed by atoms with Gasteiger partial charge >= 0.3 is 0 Å². The second-order valence-corrected chi connectivity index (χ2v) is 7.41. The van der Waals surface area contributed by atoms with Gasteiger partial charge in [-0.25, -0.2) is 0 Å². The molecule has 2 aliphatic rings. The molecule has 2 N–H and O–H groups in total. The molecule has 3 rings (SSSR count). The number of furan rings is 1. The maximum atomic E-state index is 5.71. The third-order valence-electron chi connectivity index (χ3n) is 5.77. The Balaban J connectivity index is 1.51. The summed E-state index contributed by atoms with van der Waals surface area (Å²) in [5.41, 5.74) is 0. The molecular formula is C20H35N5O. The molecule has 2 saturated heterocycles. The zero-order valence-corrected chi connectivity index (χ0v) is 16.4. The van der Waals surface area contributed by atoms with Crippen molar-refractivity contribution >= 4 is 5.96 Å². The van der Waals surface area contributed by atoms with E-state index in [-0.39, 0.29) is 6.04 Å². The molecule has 0 spiro atoms. The number of guanidine groups is 1. The van der Waals surface area contributed by atoms with Crippen LogP contribution in [0.3, 0.4) is 0 Å². The lowest BCUT2D eigenvalue weighted by molar-refractivity contribution is 0.214. The number of aliphatic imine (C=N–C) groups is 1. The van der Waals surface area contributed by atoms with Crippen LogP contribution in [0.5, 0.6) is 0 Å². The van der Waals surface area contributed by atoms with E-state index in [1.807, 2.05) is 13.1 Å². The molecule has 2 unspecified atom stereocenters. The Morgan fingerprint density at radius 2 is 1.73 bits per heavy atom. The summed E-state index contributed by atoms with van der Waals surface area (Å²) in [5, 5.41) is 7.06. The molecule has 3 heterocycles. The van der Waals surface area contributed by atoms with Crippen LogP contribution in [0.4, 0.5) is 0 Å². The molecular weight excluding hydrogens is 326 g/mol. The van der Waals surface area contributed by atoms with Gasteiger partial charge in [0.1, 0.15) is 5.76 Å². The molecule has 6 nitrogen and oxygen atoms in total. The normalized spacial score (nSPS) is 21.8. The van der Waals surface area contributed by atoms with Crippen LogP contribution in [0.25, 0.3) is 0 Å².